The van der Waals surface area contributed by atoms with Crippen molar-refractivity contribution in [2.24, 2.45) is 5.10 Å². The van der Waals surface area contributed by atoms with Gasteiger partial charge in [-0.15, -0.1) is 0 Å². The normalized spacial score (nSPS) is 10.7. The van der Waals surface area contributed by atoms with Gasteiger partial charge < -0.3 is 4.74 Å². The highest BCUT2D eigenvalue weighted by Crippen LogP contribution is 2.22. The summed E-state index contributed by atoms with van der Waals surface area (Å²) >= 11 is 6.07. The van der Waals surface area contributed by atoms with Crippen LogP contribution >= 0.6 is 11.6 Å². The fraction of sp³-hybridized carbons (Fsp3) is 0.176. The molecule has 0 saturated heterocycles. The molecule has 2 rings (SSSR count). The van der Waals surface area contributed by atoms with Crippen LogP contribution in [0.4, 0.5) is 0 Å². The lowest BCUT2D eigenvalue weighted by molar-refractivity contribution is -0.120. The number of carbonyl (C=O) groups excluding carboxylic acids is 1. The van der Waals surface area contributed by atoms with Crippen molar-refractivity contribution >= 4 is 23.7 Å². The second kappa shape index (κ2) is 7.61. The van der Waals surface area contributed by atoms with Gasteiger partial charge in [0.15, 0.2) is 0 Å². The molecule has 0 aliphatic heterocycles. The minimum absolute atomic E-state index is 0.140. The predicted octanol–water partition coefficient (Wildman–Crippen LogP) is 3.35. The van der Waals surface area contributed by atoms with Crippen LogP contribution in [-0.2, 0) is 11.2 Å². The second-order valence-corrected chi connectivity index (χ2v) is 5.25. The summed E-state index contributed by atoms with van der Waals surface area (Å²) in [6, 6.07) is 13.0. The molecular formula is C17H17ClN2O2. The third-order valence-electron chi connectivity index (χ3n) is 3.08. The number of rotatable bonds is 5. The average molecular weight is 317 g/mol. The molecule has 0 radical (unpaired) electrons. The van der Waals surface area contributed by atoms with Crippen molar-refractivity contribution in [3.63, 3.8) is 0 Å². The summed E-state index contributed by atoms with van der Waals surface area (Å²) in [6.07, 6.45) is 1.74. The minimum Gasteiger partial charge on any atom is -0.497 e. The van der Waals surface area contributed by atoms with Crippen LogP contribution in [0.3, 0.4) is 0 Å². The third kappa shape index (κ3) is 4.60. The lowest BCUT2D eigenvalue weighted by Crippen LogP contribution is -2.20. The van der Waals surface area contributed by atoms with Crippen molar-refractivity contribution in [1.82, 2.24) is 5.43 Å². The van der Waals surface area contributed by atoms with Gasteiger partial charge in [-0.1, -0.05) is 41.4 Å². The highest BCUT2D eigenvalue weighted by molar-refractivity contribution is 6.31. The molecule has 0 fully saturated rings. The first kappa shape index (κ1) is 16.0. The molecule has 1 N–H and O–H groups in total. The maximum absolute atomic E-state index is 11.9. The Labute approximate surface area is 134 Å². The largest absolute Gasteiger partial charge is 0.497 e. The number of aryl methyl sites for hydroxylation is 1. The van der Waals surface area contributed by atoms with E-state index < -0.39 is 0 Å². The molecule has 0 saturated carbocycles. The van der Waals surface area contributed by atoms with E-state index in [0.717, 1.165) is 5.56 Å². The van der Waals surface area contributed by atoms with E-state index in [1.165, 1.54) is 5.56 Å². The quantitative estimate of drug-likeness (QED) is 0.679. The molecule has 0 aliphatic carbocycles. The van der Waals surface area contributed by atoms with Gasteiger partial charge in [-0.25, -0.2) is 5.43 Å². The van der Waals surface area contributed by atoms with Crippen LogP contribution in [0.25, 0.3) is 0 Å². The standard InChI is InChI=1S/C17H17ClN2O2/c1-12-3-5-13(6-4-12)11-19-20-17(21)10-14-9-15(22-2)7-8-16(14)18/h3-9,11H,10H2,1-2H3,(H,20,21)/b19-11+. The zero-order valence-electron chi connectivity index (χ0n) is 12.5. The van der Waals surface area contributed by atoms with Gasteiger partial charge in [-0.2, -0.15) is 5.10 Å². The Morgan fingerprint density at radius 2 is 2.00 bits per heavy atom. The number of ether oxygens (including phenoxy) is 1. The smallest absolute Gasteiger partial charge is 0.244 e. The topological polar surface area (TPSA) is 50.7 Å². The van der Waals surface area contributed by atoms with E-state index in [9.17, 15) is 4.79 Å². The fourth-order valence-corrected chi connectivity index (χ4v) is 2.04. The van der Waals surface area contributed by atoms with Crippen molar-refractivity contribution in [2.45, 2.75) is 13.3 Å². The van der Waals surface area contributed by atoms with Crippen LogP contribution < -0.4 is 10.2 Å². The minimum atomic E-state index is -0.237. The molecular weight excluding hydrogens is 300 g/mol. The van der Waals surface area contributed by atoms with Crippen LogP contribution in [0.1, 0.15) is 16.7 Å². The van der Waals surface area contributed by atoms with Gasteiger partial charge >= 0.3 is 0 Å². The van der Waals surface area contributed by atoms with Crippen molar-refractivity contribution in [1.29, 1.82) is 0 Å². The first-order valence-corrected chi connectivity index (χ1v) is 7.17. The zero-order valence-corrected chi connectivity index (χ0v) is 13.2. The van der Waals surface area contributed by atoms with Crippen molar-refractivity contribution in [2.75, 3.05) is 7.11 Å². The number of hydrogen-bond donors (Lipinski definition) is 1. The number of benzene rings is 2. The maximum Gasteiger partial charge on any atom is 0.244 e. The second-order valence-electron chi connectivity index (χ2n) is 4.84. The van der Waals surface area contributed by atoms with Gasteiger partial charge in [0.2, 0.25) is 5.91 Å². The Morgan fingerprint density at radius 1 is 1.27 bits per heavy atom. The number of methoxy groups -OCH3 is 1. The molecule has 1 amide bonds. The van der Waals surface area contributed by atoms with E-state index >= 15 is 0 Å². The van der Waals surface area contributed by atoms with E-state index in [-0.39, 0.29) is 12.3 Å². The zero-order chi connectivity index (χ0) is 15.9. The molecule has 0 atom stereocenters. The summed E-state index contributed by atoms with van der Waals surface area (Å²) in [5, 5.41) is 4.47. The first-order valence-electron chi connectivity index (χ1n) is 6.79. The highest BCUT2D eigenvalue weighted by Gasteiger charge is 2.07. The van der Waals surface area contributed by atoms with E-state index in [2.05, 4.69) is 10.5 Å². The number of hydrogen-bond acceptors (Lipinski definition) is 3. The molecule has 0 unspecified atom stereocenters. The molecule has 0 heterocycles. The maximum atomic E-state index is 11.9. The van der Waals surface area contributed by atoms with Gasteiger partial charge in [0.05, 0.1) is 19.7 Å². The number of halogens is 1. The molecule has 0 bridgehead atoms. The van der Waals surface area contributed by atoms with Gasteiger partial charge in [0.25, 0.3) is 0 Å². The lowest BCUT2D eigenvalue weighted by atomic mass is 10.1. The number of nitrogens with zero attached hydrogens (tertiary/aromatic N) is 1. The summed E-state index contributed by atoms with van der Waals surface area (Å²) < 4.78 is 5.12. The monoisotopic (exact) mass is 316 g/mol. The molecule has 2 aromatic rings. The SMILES string of the molecule is COc1ccc(Cl)c(CC(=O)N/N=C/c2ccc(C)cc2)c1. The number of carbonyl (C=O) groups is 1. The molecule has 2 aromatic carbocycles. The van der Waals surface area contributed by atoms with Gasteiger partial charge in [-0.05, 0) is 36.2 Å². The summed E-state index contributed by atoms with van der Waals surface area (Å²) in [5.74, 6) is 0.425. The van der Waals surface area contributed by atoms with Crippen LogP contribution in [0, 0.1) is 6.92 Å². The number of hydrazone groups is 1. The van der Waals surface area contributed by atoms with Crippen molar-refractivity contribution in [3.05, 3.63) is 64.2 Å². The summed E-state index contributed by atoms with van der Waals surface area (Å²) in [7, 11) is 1.57. The molecule has 114 valence electrons. The molecule has 4 nitrogen and oxygen atoms in total. The molecule has 22 heavy (non-hydrogen) atoms. The molecule has 0 aliphatic rings. The van der Waals surface area contributed by atoms with E-state index in [4.69, 9.17) is 16.3 Å². The van der Waals surface area contributed by atoms with Gasteiger partial charge in [-0.3, -0.25) is 4.79 Å². The van der Waals surface area contributed by atoms with Crippen LogP contribution in [-0.4, -0.2) is 19.2 Å². The van der Waals surface area contributed by atoms with Crippen molar-refractivity contribution < 1.29 is 9.53 Å². The summed E-state index contributed by atoms with van der Waals surface area (Å²) in [5.41, 5.74) is 5.28. The third-order valence-corrected chi connectivity index (χ3v) is 3.45. The summed E-state index contributed by atoms with van der Waals surface area (Å²) in [6.45, 7) is 2.01. The Hall–Kier alpha value is -2.33. The van der Waals surface area contributed by atoms with Crippen molar-refractivity contribution in [3.8, 4) is 5.75 Å². The Balaban J connectivity index is 1.94. The van der Waals surface area contributed by atoms with E-state index in [1.807, 2.05) is 31.2 Å². The molecule has 0 aromatic heterocycles. The average Bonchev–Trinajstić information content (AvgIpc) is 2.51. The Bertz CT molecular complexity index is 682. The van der Waals surface area contributed by atoms with Gasteiger partial charge in [0.1, 0.15) is 5.75 Å². The van der Waals surface area contributed by atoms with Crippen LogP contribution in [0.15, 0.2) is 47.6 Å². The summed E-state index contributed by atoms with van der Waals surface area (Å²) in [4.78, 5) is 11.9. The first-order chi connectivity index (χ1) is 10.6. The fourth-order valence-electron chi connectivity index (χ4n) is 1.86. The highest BCUT2D eigenvalue weighted by atomic mass is 35.5. The molecule has 5 heteroatoms. The Morgan fingerprint density at radius 3 is 2.68 bits per heavy atom. The molecule has 0 spiro atoms. The van der Waals surface area contributed by atoms with E-state index in [1.54, 1.807) is 31.5 Å². The number of amides is 1. The number of nitrogens with one attached hydrogen (secondary N) is 1. The predicted molar refractivity (Wildman–Crippen MR) is 88.6 cm³/mol. The Kier molecular flexibility index (Phi) is 5.55. The van der Waals surface area contributed by atoms with Crippen LogP contribution in [0.5, 0.6) is 5.75 Å². The van der Waals surface area contributed by atoms with E-state index in [0.29, 0.717) is 16.3 Å². The van der Waals surface area contributed by atoms with Gasteiger partial charge in [0, 0.05) is 5.02 Å². The lowest BCUT2D eigenvalue weighted by Gasteiger charge is -2.06. The van der Waals surface area contributed by atoms with Crippen LogP contribution in [0.2, 0.25) is 5.02 Å².